The molecule has 0 atom stereocenters. The van der Waals surface area contributed by atoms with Gasteiger partial charge in [0.05, 0.1) is 0 Å². The van der Waals surface area contributed by atoms with Gasteiger partial charge in [0.2, 0.25) is 0 Å². The number of halogens is 1. The van der Waals surface area contributed by atoms with Crippen LogP contribution in [0.15, 0.2) is 36.4 Å². The maximum absolute atomic E-state index is 13.9. The van der Waals surface area contributed by atoms with Crippen LogP contribution in [0.5, 0.6) is 5.75 Å². The van der Waals surface area contributed by atoms with Crippen molar-refractivity contribution in [3.63, 3.8) is 0 Å². The summed E-state index contributed by atoms with van der Waals surface area (Å²) in [6.45, 7) is 4.36. The number of rotatable bonds is 4. The number of benzene rings is 2. The number of thiocarbonyl (C=S) groups is 1. The van der Waals surface area contributed by atoms with Crippen LogP contribution in [0.4, 0.5) is 4.39 Å². The van der Waals surface area contributed by atoms with E-state index in [-0.39, 0.29) is 10.7 Å². The predicted molar refractivity (Wildman–Crippen MR) is 82.5 cm³/mol. The number of hydrogen-bond donors (Lipinski definition) is 1. The first kappa shape index (κ1) is 14.5. The number of ether oxygens (including phenoxy) is 1. The Hall–Kier alpha value is -1.94. The van der Waals surface area contributed by atoms with E-state index in [1.807, 2.05) is 32.0 Å². The monoisotopic (exact) mass is 289 g/mol. The summed E-state index contributed by atoms with van der Waals surface area (Å²) < 4.78 is 19.4. The Morgan fingerprint density at radius 3 is 2.40 bits per heavy atom. The van der Waals surface area contributed by atoms with Crippen molar-refractivity contribution in [2.45, 2.75) is 20.5 Å². The van der Waals surface area contributed by atoms with Crippen LogP contribution in [0.1, 0.15) is 22.3 Å². The molecule has 0 aliphatic heterocycles. The summed E-state index contributed by atoms with van der Waals surface area (Å²) in [4.78, 5) is 0.171. The van der Waals surface area contributed by atoms with Gasteiger partial charge in [0.25, 0.3) is 0 Å². The highest BCUT2D eigenvalue weighted by atomic mass is 32.1. The van der Waals surface area contributed by atoms with Gasteiger partial charge in [0.15, 0.2) is 11.6 Å². The molecule has 0 saturated carbocycles. The molecular weight excluding hydrogens is 273 g/mol. The number of nitrogens with two attached hydrogens (primary N) is 1. The molecule has 0 aliphatic carbocycles. The van der Waals surface area contributed by atoms with Gasteiger partial charge < -0.3 is 10.5 Å². The predicted octanol–water partition coefficient (Wildman–Crippen LogP) is 3.66. The minimum absolute atomic E-state index is 0.171. The molecular formula is C16H16FNOS. The van der Waals surface area contributed by atoms with Crippen LogP contribution in [0, 0.1) is 19.7 Å². The summed E-state index contributed by atoms with van der Waals surface area (Å²) in [6, 6.07) is 10.5. The Morgan fingerprint density at radius 1 is 1.20 bits per heavy atom. The quantitative estimate of drug-likeness (QED) is 0.873. The molecule has 0 unspecified atom stereocenters. The molecule has 2 nitrogen and oxygen atoms in total. The first-order valence-electron chi connectivity index (χ1n) is 6.26. The molecule has 0 amide bonds. The van der Waals surface area contributed by atoms with Gasteiger partial charge in [0.1, 0.15) is 11.6 Å². The van der Waals surface area contributed by atoms with Crippen LogP contribution < -0.4 is 10.5 Å². The van der Waals surface area contributed by atoms with E-state index in [1.165, 1.54) is 6.07 Å². The van der Waals surface area contributed by atoms with E-state index in [0.717, 1.165) is 16.7 Å². The molecule has 0 bridgehead atoms. The fourth-order valence-corrected chi connectivity index (χ4v) is 2.12. The molecule has 2 rings (SSSR count). The zero-order valence-corrected chi connectivity index (χ0v) is 12.3. The van der Waals surface area contributed by atoms with Gasteiger partial charge in [0, 0.05) is 5.56 Å². The molecule has 0 fully saturated rings. The van der Waals surface area contributed by atoms with Gasteiger partial charge in [-0.2, -0.15) is 0 Å². The van der Waals surface area contributed by atoms with Crippen molar-refractivity contribution < 1.29 is 9.13 Å². The van der Waals surface area contributed by atoms with Gasteiger partial charge in [-0.1, -0.05) is 30.4 Å². The van der Waals surface area contributed by atoms with Crippen LogP contribution in [0.2, 0.25) is 0 Å². The third-order valence-corrected chi connectivity index (χ3v) is 3.47. The Morgan fingerprint density at radius 2 is 1.85 bits per heavy atom. The molecule has 0 aliphatic rings. The molecule has 0 aromatic heterocycles. The van der Waals surface area contributed by atoms with E-state index >= 15 is 0 Å². The third kappa shape index (κ3) is 3.14. The van der Waals surface area contributed by atoms with E-state index in [0.29, 0.717) is 12.2 Å². The minimum atomic E-state index is -0.457. The van der Waals surface area contributed by atoms with E-state index < -0.39 is 5.82 Å². The highest BCUT2D eigenvalue weighted by Gasteiger charge is 2.08. The molecule has 2 N–H and O–H groups in total. The van der Waals surface area contributed by atoms with Crippen molar-refractivity contribution in [1.29, 1.82) is 0 Å². The maximum Gasteiger partial charge on any atom is 0.165 e. The Kier molecular flexibility index (Phi) is 4.35. The second-order valence-corrected chi connectivity index (χ2v) is 5.11. The summed E-state index contributed by atoms with van der Waals surface area (Å²) in [5.74, 6) is -0.255. The topological polar surface area (TPSA) is 35.2 Å². The molecule has 0 saturated heterocycles. The van der Waals surface area contributed by atoms with Crippen LogP contribution in [-0.2, 0) is 6.61 Å². The lowest BCUT2D eigenvalue weighted by Crippen LogP contribution is -2.10. The second-order valence-electron chi connectivity index (χ2n) is 4.67. The van der Waals surface area contributed by atoms with Crippen molar-refractivity contribution >= 4 is 17.2 Å². The summed E-state index contributed by atoms with van der Waals surface area (Å²) in [6.07, 6.45) is 0. The van der Waals surface area contributed by atoms with Crippen LogP contribution in [-0.4, -0.2) is 4.99 Å². The largest absolute Gasteiger partial charge is 0.486 e. The Balaban J connectivity index is 2.17. The van der Waals surface area contributed by atoms with E-state index in [2.05, 4.69) is 0 Å². The first-order chi connectivity index (χ1) is 9.49. The molecule has 0 radical (unpaired) electrons. The van der Waals surface area contributed by atoms with Crippen LogP contribution in [0.25, 0.3) is 0 Å². The van der Waals surface area contributed by atoms with E-state index in [9.17, 15) is 4.39 Å². The fourth-order valence-electron chi connectivity index (χ4n) is 2.00. The Bertz CT molecular complexity index is 635. The number of hydrogen-bond acceptors (Lipinski definition) is 2. The van der Waals surface area contributed by atoms with Crippen LogP contribution >= 0.6 is 12.2 Å². The Labute approximate surface area is 123 Å². The normalized spacial score (nSPS) is 10.3. The summed E-state index contributed by atoms with van der Waals surface area (Å²) in [7, 11) is 0. The van der Waals surface area contributed by atoms with Crippen LogP contribution in [0.3, 0.4) is 0 Å². The maximum atomic E-state index is 13.9. The van der Waals surface area contributed by atoms with Crippen molar-refractivity contribution in [1.82, 2.24) is 0 Å². The zero-order chi connectivity index (χ0) is 14.7. The van der Waals surface area contributed by atoms with E-state index in [1.54, 1.807) is 12.1 Å². The van der Waals surface area contributed by atoms with Crippen molar-refractivity contribution in [3.05, 3.63) is 64.5 Å². The van der Waals surface area contributed by atoms with Gasteiger partial charge in [-0.25, -0.2) is 4.39 Å². The first-order valence-corrected chi connectivity index (χ1v) is 6.67. The summed E-state index contributed by atoms with van der Waals surface area (Å²) in [5, 5.41) is 0. The van der Waals surface area contributed by atoms with Gasteiger partial charge in [-0.3, -0.25) is 0 Å². The molecule has 20 heavy (non-hydrogen) atoms. The average Bonchev–Trinajstić information content (AvgIpc) is 2.39. The molecule has 2 aromatic rings. The molecule has 0 heterocycles. The highest BCUT2D eigenvalue weighted by molar-refractivity contribution is 7.80. The lowest BCUT2D eigenvalue weighted by molar-refractivity contribution is 0.289. The van der Waals surface area contributed by atoms with Gasteiger partial charge in [-0.15, -0.1) is 0 Å². The van der Waals surface area contributed by atoms with Gasteiger partial charge in [-0.05, 0) is 48.7 Å². The molecule has 0 spiro atoms. The lowest BCUT2D eigenvalue weighted by atomic mass is 10.0. The smallest absolute Gasteiger partial charge is 0.165 e. The molecule has 2 aromatic carbocycles. The van der Waals surface area contributed by atoms with Crippen molar-refractivity contribution in [2.24, 2.45) is 5.73 Å². The standard InChI is InChI=1S/C16H16FNOS/c1-10-4-3-5-11(2)13(10)9-19-15-7-6-12(16(18)20)8-14(15)17/h3-8H,9H2,1-2H3,(H2,18,20). The average molecular weight is 289 g/mol. The van der Waals surface area contributed by atoms with Gasteiger partial charge >= 0.3 is 0 Å². The van der Waals surface area contributed by atoms with Crippen molar-refractivity contribution in [2.75, 3.05) is 0 Å². The highest BCUT2D eigenvalue weighted by Crippen LogP contribution is 2.21. The fraction of sp³-hybridized carbons (Fsp3) is 0.188. The molecule has 104 valence electrons. The zero-order valence-electron chi connectivity index (χ0n) is 11.4. The van der Waals surface area contributed by atoms with E-state index in [4.69, 9.17) is 22.7 Å². The summed E-state index contributed by atoms with van der Waals surface area (Å²) >= 11 is 4.81. The summed E-state index contributed by atoms with van der Waals surface area (Å²) in [5.41, 5.74) is 9.29. The number of aryl methyl sites for hydroxylation is 2. The SMILES string of the molecule is Cc1cccc(C)c1COc1ccc(C(N)=S)cc1F. The van der Waals surface area contributed by atoms with Crippen molar-refractivity contribution in [3.8, 4) is 5.75 Å². The molecule has 4 heteroatoms. The third-order valence-electron chi connectivity index (χ3n) is 3.23. The second kappa shape index (κ2) is 6.01. The minimum Gasteiger partial charge on any atom is -0.486 e. The lowest BCUT2D eigenvalue weighted by Gasteiger charge is -2.12.